The van der Waals surface area contributed by atoms with Gasteiger partial charge in [0.15, 0.2) is 6.61 Å². The lowest BCUT2D eigenvalue weighted by Gasteiger charge is -2.09. The number of thioether (sulfide) groups is 1. The Balaban J connectivity index is 1.65. The fourth-order valence-electron chi connectivity index (χ4n) is 1.99. The summed E-state index contributed by atoms with van der Waals surface area (Å²) in [6.45, 7) is 0.298. The Hall–Kier alpha value is -2.23. The van der Waals surface area contributed by atoms with Crippen molar-refractivity contribution in [2.75, 3.05) is 18.9 Å². The average molecular weight is 379 g/mol. The van der Waals surface area contributed by atoms with Crippen molar-refractivity contribution >= 4 is 29.3 Å². The van der Waals surface area contributed by atoms with Gasteiger partial charge in [-0.3, -0.25) is 4.79 Å². The molecule has 0 aliphatic rings. The largest absolute Gasteiger partial charge is 0.482 e. The predicted octanol–water partition coefficient (Wildman–Crippen LogP) is 3.78. The molecular weight excluding hydrogens is 363 g/mol. The van der Waals surface area contributed by atoms with Gasteiger partial charge in [0.25, 0.3) is 5.91 Å². The molecule has 1 N–H and O–H groups in total. The molecule has 0 saturated heterocycles. The molecule has 0 radical (unpaired) electrons. The standard InChI is InChI=1S/C18H16ClFN2O2S/c19-16-9-15(20)5-6-17(16)24-11-18(23)22-7-8-25-12-14-4-2-1-3-13(14)10-21/h1-6,9H,7-8,11-12H2,(H,22,23). The summed E-state index contributed by atoms with van der Waals surface area (Å²) in [6.07, 6.45) is 0. The molecule has 0 aliphatic carbocycles. The van der Waals surface area contributed by atoms with Crippen LogP contribution < -0.4 is 10.1 Å². The first-order chi connectivity index (χ1) is 12.1. The molecule has 0 unspecified atom stereocenters. The van der Waals surface area contributed by atoms with Gasteiger partial charge in [0.2, 0.25) is 0 Å². The van der Waals surface area contributed by atoms with E-state index in [2.05, 4.69) is 11.4 Å². The minimum absolute atomic E-state index is 0.125. The number of hydrogen-bond donors (Lipinski definition) is 1. The van der Waals surface area contributed by atoms with Crippen LogP contribution in [0.25, 0.3) is 0 Å². The first-order valence-corrected chi connectivity index (χ1v) is 9.03. The zero-order valence-electron chi connectivity index (χ0n) is 13.3. The molecule has 0 saturated carbocycles. The first kappa shape index (κ1) is 19.1. The van der Waals surface area contributed by atoms with Crippen LogP contribution in [0.5, 0.6) is 5.75 Å². The Kier molecular flexibility index (Phi) is 7.58. The highest BCUT2D eigenvalue weighted by Gasteiger charge is 2.07. The maximum absolute atomic E-state index is 12.9. The van der Waals surface area contributed by atoms with E-state index in [1.807, 2.05) is 18.2 Å². The number of nitriles is 1. The number of nitrogens with zero attached hydrogens (tertiary/aromatic N) is 1. The monoisotopic (exact) mass is 378 g/mol. The topological polar surface area (TPSA) is 62.1 Å². The number of amides is 1. The Bertz CT molecular complexity index is 780. The van der Waals surface area contributed by atoms with Crippen molar-refractivity contribution in [1.29, 1.82) is 5.26 Å². The smallest absolute Gasteiger partial charge is 0.257 e. The van der Waals surface area contributed by atoms with Gasteiger partial charge in [-0.25, -0.2) is 4.39 Å². The SMILES string of the molecule is N#Cc1ccccc1CSCCNC(=O)COc1ccc(F)cc1Cl. The molecule has 130 valence electrons. The van der Waals surface area contributed by atoms with E-state index in [1.54, 1.807) is 17.8 Å². The normalized spacial score (nSPS) is 10.1. The summed E-state index contributed by atoms with van der Waals surface area (Å²) in [6, 6.07) is 13.3. The van der Waals surface area contributed by atoms with Gasteiger partial charge in [-0.1, -0.05) is 29.8 Å². The molecule has 2 aromatic rings. The molecule has 7 heteroatoms. The number of halogens is 2. The van der Waals surface area contributed by atoms with Gasteiger partial charge in [-0.15, -0.1) is 0 Å². The highest BCUT2D eigenvalue weighted by Crippen LogP contribution is 2.24. The van der Waals surface area contributed by atoms with Crippen LogP contribution in [0.4, 0.5) is 4.39 Å². The summed E-state index contributed by atoms with van der Waals surface area (Å²) in [4.78, 5) is 11.7. The molecule has 0 atom stereocenters. The van der Waals surface area contributed by atoms with E-state index in [4.69, 9.17) is 21.6 Å². The van der Waals surface area contributed by atoms with Gasteiger partial charge in [-0.05, 0) is 29.8 Å². The van der Waals surface area contributed by atoms with Gasteiger partial charge in [0, 0.05) is 18.1 Å². The van der Waals surface area contributed by atoms with E-state index in [9.17, 15) is 9.18 Å². The summed E-state index contributed by atoms with van der Waals surface area (Å²) < 4.78 is 18.2. The van der Waals surface area contributed by atoms with Crippen LogP contribution in [0.15, 0.2) is 42.5 Å². The van der Waals surface area contributed by atoms with Crippen LogP contribution in [-0.4, -0.2) is 24.8 Å². The quantitative estimate of drug-likeness (QED) is 0.710. The van der Waals surface area contributed by atoms with E-state index in [0.717, 1.165) is 11.6 Å². The van der Waals surface area contributed by atoms with Crippen molar-refractivity contribution in [3.63, 3.8) is 0 Å². The third kappa shape index (κ3) is 6.29. The van der Waals surface area contributed by atoms with E-state index in [0.29, 0.717) is 23.6 Å². The third-order valence-electron chi connectivity index (χ3n) is 3.22. The van der Waals surface area contributed by atoms with Crippen LogP contribution in [0.3, 0.4) is 0 Å². The van der Waals surface area contributed by atoms with E-state index < -0.39 is 5.82 Å². The number of hydrogen-bond acceptors (Lipinski definition) is 4. The minimum atomic E-state index is -0.461. The molecule has 0 heterocycles. The molecule has 2 rings (SSSR count). The van der Waals surface area contributed by atoms with Crippen LogP contribution in [0, 0.1) is 17.1 Å². The van der Waals surface area contributed by atoms with Gasteiger partial charge < -0.3 is 10.1 Å². The molecule has 4 nitrogen and oxygen atoms in total. The van der Waals surface area contributed by atoms with Gasteiger partial charge in [0.1, 0.15) is 11.6 Å². The van der Waals surface area contributed by atoms with E-state index in [-0.39, 0.29) is 23.3 Å². The third-order valence-corrected chi connectivity index (χ3v) is 4.52. The summed E-state index contributed by atoms with van der Waals surface area (Å²) >= 11 is 7.45. The van der Waals surface area contributed by atoms with Crippen LogP contribution in [0.1, 0.15) is 11.1 Å². The van der Waals surface area contributed by atoms with Crippen molar-refractivity contribution in [3.8, 4) is 11.8 Å². The number of rotatable bonds is 8. The van der Waals surface area contributed by atoms with Crippen molar-refractivity contribution < 1.29 is 13.9 Å². The molecular formula is C18H16ClFN2O2S. The van der Waals surface area contributed by atoms with Gasteiger partial charge >= 0.3 is 0 Å². The van der Waals surface area contributed by atoms with Crippen LogP contribution >= 0.6 is 23.4 Å². The van der Waals surface area contributed by atoms with E-state index >= 15 is 0 Å². The maximum atomic E-state index is 12.9. The number of ether oxygens (including phenoxy) is 1. The zero-order valence-corrected chi connectivity index (χ0v) is 14.9. The first-order valence-electron chi connectivity index (χ1n) is 7.50. The van der Waals surface area contributed by atoms with Crippen molar-refractivity contribution in [2.45, 2.75) is 5.75 Å². The molecule has 0 fully saturated rings. The molecule has 0 bridgehead atoms. The summed E-state index contributed by atoms with van der Waals surface area (Å²) in [5, 5.41) is 11.9. The zero-order chi connectivity index (χ0) is 18.1. The molecule has 25 heavy (non-hydrogen) atoms. The molecule has 0 aromatic heterocycles. The molecule has 1 amide bonds. The van der Waals surface area contributed by atoms with Gasteiger partial charge in [-0.2, -0.15) is 17.0 Å². The predicted molar refractivity (Wildman–Crippen MR) is 97.2 cm³/mol. The summed E-state index contributed by atoms with van der Waals surface area (Å²) in [5.74, 6) is 0.945. The minimum Gasteiger partial charge on any atom is -0.482 e. The Morgan fingerprint density at radius 2 is 2.12 bits per heavy atom. The second-order valence-corrected chi connectivity index (χ2v) is 6.55. The Labute approximate surface area is 154 Å². The van der Waals surface area contributed by atoms with Crippen molar-refractivity contribution in [1.82, 2.24) is 5.32 Å². The second-order valence-electron chi connectivity index (χ2n) is 5.03. The molecule has 0 aliphatic heterocycles. The van der Waals surface area contributed by atoms with E-state index in [1.165, 1.54) is 12.1 Å². The highest BCUT2D eigenvalue weighted by molar-refractivity contribution is 7.98. The lowest BCUT2D eigenvalue weighted by atomic mass is 10.1. The van der Waals surface area contributed by atoms with Gasteiger partial charge in [0.05, 0.1) is 16.7 Å². The van der Waals surface area contributed by atoms with Crippen molar-refractivity contribution in [2.24, 2.45) is 0 Å². The molecule has 2 aromatic carbocycles. The number of carbonyl (C=O) groups is 1. The number of nitrogens with one attached hydrogen (secondary N) is 1. The Morgan fingerprint density at radius 3 is 2.88 bits per heavy atom. The summed E-state index contributed by atoms with van der Waals surface area (Å²) in [7, 11) is 0. The molecule has 0 spiro atoms. The number of benzene rings is 2. The fraction of sp³-hybridized carbons (Fsp3) is 0.222. The lowest BCUT2D eigenvalue weighted by Crippen LogP contribution is -2.30. The number of carbonyl (C=O) groups excluding carboxylic acids is 1. The second kappa shape index (κ2) is 9.92. The lowest BCUT2D eigenvalue weighted by molar-refractivity contribution is -0.122. The maximum Gasteiger partial charge on any atom is 0.257 e. The average Bonchev–Trinajstić information content (AvgIpc) is 2.61. The van der Waals surface area contributed by atoms with Crippen LogP contribution in [0.2, 0.25) is 5.02 Å². The van der Waals surface area contributed by atoms with Crippen molar-refractivity contribution in [3.05, 3.63) is 64.4 Å². The van der Waals surface area contributed by atoms with Crippen LogP contribution in [-0.2, 0) is 10.5 Å². The fourth-order valence-corrected chi connectivity index (χ4v) is 3.07. The summed E-state index contributed by atoms with van der Waals surface area (Å²) in [5.41, 5.74) is 1.65. The highest BCUT2D eigenvalue weighted by atomic mass is 35.5. The Morgan fingerprint density at radius 1 is 1.32 bits per heavy atom.